The molecule has 1 aliphatic heterocycles. The molecule has 26 heavy (non-hydrogen) atoms. The second kappa shape index (κ2) is 7.09. The highest BCUT2D eigenvalue weighted by molar-refractivity contribution is 7.11. The van der Waals surface area contributed by atoms with E-state index in [4.69, 9.17) is 14.2 Å². The third-order valence-corrected chi connectivity index (χ3v) is 4.88. The standard InChI is InChI=1S/C18H18N2O5S/c1-20-17(21)14(13-6-5-7-26-13)15(18(20)22)19-10-8-11(23-2)16(25-4)12(9-10)24-3/h5-9,19H,1-4H3. The number of nitrogens with zero attached hydrogens (tertiary/aromatic N) is 1. The summed E-state index contributed by atoms with van der Waals surface area (Å²) in [6.07, 6.45) is 0. The van der Waals surface area contributed by atoms with Gasteiger partial charge in [0, 0.05) is 29.7 Å². The molecule has 0 saturated carbocycles. The maximum atomic E-state index is 12.6. The van der Waals surface area contributed by atoms with Gasteiger partial charge in [0.15, 0.2) is 11.5 Å². The molecule has 2 heterocycles. The van der Waals surface area contributed by atoms with Crippen molar-refractivity contribution in [1.29, 1.82) is 0 Å². The van der Waals surface area contributed by atoms with E-state index in [2.05, 4.69) is 5.32 Å². The molecule has 2 amide bonds. The molecule has 0 aliphatic carbocycles. The van der Waals surface area contributed by atoms with Crippen LogP contribution in [0.4, 0.5) is 5.69 Å². The van der Waals surface area contributed by atoms with Gasteiger partial charge in [0.1, 0.15) is 5.70 Å². The highest BCUT2D eigenvalue weighted by Crippen LogP contribution is 2.41. The molecule has 136 valence electrons. The van der Waals surface area contributed by atoms with Crippen molar-refractivity contribution < 1.29 is 23.8 Å². The molecular weight excluding hydrogens is 356 g/mol. The Morgan fingerprint density at radius 2 is 1.65 bits per heavy atom. The second-order valence-corrected chi connectivity index (χ2v) is 6.38. The fourth-order valence-corrected chi connectivity index (χ4v) is 3.47. The van der Waals surface area contributed by atoms with Crippen LogP contribution in [0.3, 0.4) is 0 Å². The molecule has 0 spiro atoms. The van der Waals surface area contributed by atoms with Crippen LogP contribution >= 0.6 is 11.3 Å². The largest absolute Gasteiger partial charge is 0.493 e. The number of methoxy groups -OCH3 is 3. The first-order valence-electron chi connectivity index (χ1n) is 7.69. The summed E-state index contributed by atoms with van der Waals surface area (Å²) in [4.78, 5) is 26.9. The number of anilines is 1. The number of ether oxygens (including phenoxy) is 3. The van der Waals surface area contributed by atoms with E-state index in [1.807, 2.05) is 11.4 Å². The number of hydrogen-bond acceptors (Lipinski definition) is 7. The Balaban J connectivity index is 2.09. The zero-order chi connectivity index (χ0) is 18.8. The van der Waals surface area contributed by atoms with Crippen LogP contribution < -0.4 is 19.5 Å². The van der Waals surface area contributed by atoms with Crippen LogP contribution in [0.5, 0.6) is 17.2 Å². The fraction of sp³-hybridized carbons (Fsp3) is 0.222. The minimum Gasteiger partial charge on any atom is -0.493 e. The molecular formula is C18H18N2O5S. The Morgan fingerprint density at radius 1 is 1.00 bits per heavy atom. The van der Waals surface area contributed by atoms with E-state index in [1.165, 1.54) is 39.7 Å². The van der Waals surface area contributed by atoms with E-state index in [0.29, 0.717) is 28.5 Å². The number of thiophene rings is 1. The lowest BCUT2D eigenvalue weighted by atomic mass is 10.1. The maximum Gasteiger partial charge on any atom is 0.277 e. The molecule has 1 aliphatic rings. The average molecular weight is 374 g/mol. The van der Waals surface area contributed by atoms with Crippen molar-refractivity contribution in [1.82, 2.24) is 4.90 Å². The average Bonchev–Trinajstić information content (AvgIpc) is 3.25. The topological polar surface area (TPSA) is 77.1 Å². The van der Waals surface area contributed by atoms with Crippen molar-refractivity contribution in [2.24, 2.45) is 0 Å². The highest BCUT2D eigenvalue weighted by Gasteiger charge is 2.37. The number of rotatable bonds is 6. The molecule has 0 fully saturated rings. The van der Waals surface area contributed by atoms with Gasteiger partial charge < -0.3 is 19.5 Å². The second-order valence-electron chi connectivity index (χ2n) is 5.44. The van der Waals surface area contributed by atoms with Gasteiger partial charge in [0.2, 0.25) is 5.75 Å². The number of amides is 2. The van der Waals surface area contributed by atoms with E-state index in [0.717, 1.165) is 9.78 Å². The van der Waals surface area contributed by atoms with E-state index in [9.17, 15) is 9.59 Å². The molecule has 0 saturated heterocycles. The third-order valence-electron chi connectivity index (χ3n) is 3.99. The molecule has 0 unspecified atom stereocenters. The Bertz CT molecular complexity index is 864. The molecule has 1 N–H and O–H groups in total. The predicted molar refractivity (Wildman–Crippen MR) is 98.7 cm³/mol. The first-order valence-corrected chi connectivity index (χ1v) is 8.57. The quantitative estimate of drug-likeness (QED) is 0.783. The number of carbonyl (C=O) groups is 2. The number of hydrogen-bond donors (Lipinski definition) is 1. The molecule has 3 rings (SSSR count). The molecule has 0 bridgehead atoms. The van der Waals surface area contributed by atoms with Crippen LogP contribution in [0.2, 0.25) is 0 Å². The van der Waals surface area contributed by atoms with Gasteiger partial charge in [0.05, 0.1) is 26.9 Å². The summed E-state index contributed by atoms with van der Waals surface area (Å²) in [6, 6.07) is 6.99. The summed E-state index contributed by atoms with van der Waals surface area (Å²) in [5.41, 5.74) is 1.11. The minimum absolute atomic E-state index is 0.217. The van der Waals surface area contributed by atoms with Crippen molar-refractivity contribution in [3.8, 4) is 17.2 Å². The van der Waals surface area contributed by atoms with Crippen molar-refractivity contribution in [2.45, 2.75) is 0 Å². The van der Waals surface area contributed by atoms with Crippen molar-refractivity contribution in [2.75, 3.05) is 33.7 Å². The zero-order valence-electron chi connectivity index (χ0n) is 14.8. The number of nitrogens with one attached hydrogen (secondary N) is 1. The van der Waals surface area contributed by atoms with Gasteiger partial charge >= 0.3 is 0 Å². The van der Waals surface area contributed by atoms with Crippen LogP contribution in [-0.2, 0) is 9.59 Å². The smallest absolute Gasteiger partial charge is 0.277 e. The summed E-state index contributed by atoms with van der Waals surface area (Å²) in [5, 5.41) is 4.91. The normalized spacial score (nSPS) is 14.1. The summed E-state index contributed by atoms with van der Waals surface area (Å²) in [5.74, 6) is 0.592. The highest BCUT2D eigenvalue weighted by atomic mass is 32.1. The summed E-state index contributed by atoms with van der Waals surface area (Å²) < 4.78 is 16.0. The minimum atomic E-state index is -0.396. The van der Waals surface area contributed by atoms with E-state index in [-0.39, 0.29) is 11.6 Å². The van der Waals surface area contributed by atoms with Crippen molar-refractivity contribution in [3.63, 3.8) is 0 Å². The Kier molecular flexibility index (Phi) is 4.85. The van der Waals surface area contributed by atoms with Crippen LogP contribution in [0.25, 0.3) is 5.57 Å². The predicted octanol–water partition coefficient (Wildman–Crippen LogP) is 2.60. The van der Waals surface area contributed by atoms with Crippen LogP contribution in [0, 0.1) is 0 Å². The molecule has 8 heteroatoms. The third kappa shape index (κ3) is 2.88. The lowest BCUT2D eigenvalue weighted by Gasteiger charge is -2.15. The molecule has 0 atom stereocenters. The monoisotopic (exact) mass is 374 g/mol. The van der Waals surface area contributed by atoms with Gasteiger partial charge in [-0.15, -0.1) is 11.3 Å². The maximum absolute atomic E-state index is 12.6. The van der Waals surface area contributed by atoms with Crippen molar-refractivity contribution in [3.05, 3.63) is 40.2 Å². The van der Waals surface area contributed by atoms with Gasteiger partial charge in [-0.05, 0) is 11.4 Å². The Morgan fingerprint density at radius 3 is 2.15 bits per heavy atom. The van der Waals surface area contributed by atoms with Crippen LogP contribution in [0.15, 0.2) is 35.3 Å². The van der Waals surface area contributed by atoms with E-state index >= 15 is 0 Å². The fourth-order valence-electron chi connectivity index (χ4n) is 2.70. The summed E-state index contributed by atoms with van der Waals surface area (Å²) in [6.45, 7) is 0. The van der Waals surface area contributed by atoms with Gasteiger partial charge in [-0.25, -0.2) is 0 Å². The van der Waals surface area contributed by atoms with E-state index < -0.39 is 5.91 Å². The molecule has 1 aromatic carbocycles. The molecule has 1 aromatic heterocycles. The number of imide groups is 1. The van der Waals surface area contributed by atoms with Crippen LogP contribution in [-0.4, -0.2) is 45.1 Å². The Hall–Kier alpha value is -3.00. The van der Waals surface area contributed by atoms with Crippen LogP contribution in [0.1, 0.15) is 4.88 Å². The number of carbonyl (C=O) groups excluding carboxylic acids is 2. The SMILES string of the molecule is COc1cc(NC2=C(c3cccs3)C(=O)N(C)C2=O)cc(OC)c1OC. The Labute approximate surface area is 154 Å². The van der Waals surface area contributed by atoms with E-state index in [1.54, 1.807) is 18.2 Å². The zero-order valence-corrected chi connectivity index (χ0v) is 15.6. The van der Waals surface area contributed by atoms with Gasteiger partial charge in [-0.2, -0.15) is 0 Å². The molecule has 7 nitrogen and oxygen atoms in total. The lowest BCUT2D eigenvalue weighted by Crippen LogP contribution is -2.27. The first kappa shape index (κ1) is 17.8. The van der Waals surface area contributed by atoms with Crippen molar-refractivity contribution >= 4 is 34.4 Å². The summed E-state index contributed by atoms with van der Waals surface area (Å²) in [7, 11) is 5.99. The molecule has 2 aromatic rings. The lowest BCUT2D eigenvalue weighted by molar-refractivity contribution is -0.135. The van der Waals surface area contributed by atoms with Gasteiger partial charge in [0.25, 0.3) is 11.8 Å². The van der Waals surface area contributed by atoms with Gasteiger partial charge in [-0.3, -0.25) is 14.5 Å². The summed E-state index contributed by atoms with van der Waals surface area (Å²) >= 11 is 1.40. The molecule has 0 radical (unpaired) electrons. The number of likely N-dealkylation sites (N-methyl/N-ethyl adjacent to an activating group) is 1. The first-order chi connectivity index (χ1) is 12.5. The number of benzene rings is 1. The van der Waals surface area contributed by atoms with Gasteiger partial charge in [-0.1, -0.05) is 6.07 Å².